The highest BCUT2D eigenvalue weighted by Crippen LogP contribution is 2.42. The number of aromatic nitrogens is 2. The number of hydrogen-bond donors (Lipinski definition) is 1. The van der Waals surface area contributed by atoms with E-state index in [-0.39, 0.29) is 18.0 Å². The molecule has 6 nitrogen and oxygen atoms in total. The van der Waals surface area contributed by atoms with Crippen molar-refractivity contribution >= 4 is 17.5 Å². The van der Waals surface area contributed by atoms with Gasteiger partial charge in [-0.15, -0.1) is 0 Å². The molecule has 2 amide bonds. The van der Waals surface area contributed by atoms with Crippen LogP contribution in [0, 0.1) is 0 Å². The summed E-state index contributed by atoms with van der Waals surface area (Å²) < 4.78 is 45.0. The van der Waals surface area contributed by atoms with Crippen LogP contribution < -0.4 is 15.0 Å². The molecule has 154 valence electrons. The van der Waals surface area contributed by atoms with Crippen molar-refractivity contribution in [1.29, 1.82) is 0 Å². The van der Waals surface area contributed by atoms with Crippen molar-refractivity contribution < 1.29 is 22.7 Å². The van der Waals surface area contributed by atoms with E-state index in [1.54, 1.807) is 36.7 Å². The summed E-state index contributed by atoms with van der Waals surface area (Å²) in [5.74, 6) is 0.0358. The largest absolute Gasteiger partial charge is 0.496 e. The molecular formula is C21H17F3N4O2. The number of pyridine rings is 2. The molecule has 0 unspecified atom stereocenters. The molecule has 0 saturated heterocycles. The molecule has 1 aliphatic rings. The number of rotatable bonds is 3. The second kappa shape index (κ2) is 7.66. The lowest BCUT2D eigenvalue weighted by Crippen LogP contribution is -2.33. The van der Waals surface area contributed by atoms with Gasteiger partial charge in [0.25, 0.3) is 0 Å². The molecule has 4 rings (SSSR count). The normalized spacial score (nSPS) is 13.1. The Morgan fingerprint density at radius 2 is 2.03 bits per heavy atom. The average Bonchev–Trinajstić information content (AvgIpc) is 3.16. The first-order valence-electron chi connectivity index (χ1n) is 9.11. The number of amides is 2. The smallest absolute Gasteiger partial charge is 0.420 e. The van der Waals surface area contributed by atoms with Gasteiger partial charge < -0.3 is 4.74 Å². The van der Waals surface area contributed by atoms with Crippen molar-refractivity contribution in [2.75, 3.05) is 23.9 Å². The van der Waals surface area contributed by atoms with Gasteiger partial charge in [-0.1, -0.05) is 6.07 Å². The van der Waals surface area contributed by atoms with Crippen molar-refractivity contribution in [3.8, 4) is 17.0 Å². The number of benzene rings is 1. The fourth-order valence-corrected chi connectivity index (χ4v) is 3.37. The van der Waals surface area contributed by atoms with E-state index >= 15 is 0 Å². The number of ether oxygens (including phenoxy) is 1. The minimum Gasteiger partial charge on any atom is -0.496 e. The SMILES string of the molecule is COc1cc2c(cc1C(F)(F)F)N(C(=O)Nc1cccc(-c3cccnc3)n1)CC2. The summed E-state index contributed by atoms with van der Waals surface area (Å²) in [5.41, 5.74) is 1.31. The molecule has 0 saturated carbocycles. The molecule has 0 aliphatic carbocycles. The molecule has 0 bridgehead atoms. The molecule has 9 heteroatoms. The maximum Gasteiger partial charge on any atom is 0.420 e. The number of nitrogens with zero attached hydrogens (tertiary/aromatic N) is 3. The zero-order valence-electron chi connectivity index (χ0n) is 15.9. The summed E-state index contributed by atoms with van der Waals surface area (Å²) in [6.07, 6.45) is -0.869. The van der Waals surface area contributed by atoms with Crippen LogP contribution >= 0.6 is 0 Å². The number of alkyl halides is 3. The lowest BCUT2D eigenvalue weighted by molar-refractivity contribution is -0.138. The van der Waals surface area contributed by atoms with Gasteiger partial charge in [0, 0.05) is 30.2 Å². The predicted molar refractivity (Wildman–Crippen MR) is 106 cm³/mol. The lowest BCUT2D eigenvalue weighted by atomic mass is 10.1. The fourth-order valence-electron chi connectivity index (χ4n) is 3.37. The maximum atomic E-state index is 13.4. The number of urea groups is 1. The van der Waals surface area contributed by atoms with Crippen LogP contribution in [-0.4, -0.2) is 29.7 Å². The fraction of sp³-hybridized carbons (Fsp3) is 0.190. The van der Waals surface area contributed by atoms with Crippen molar-refractivity contribution in [3.63, 3.8) is 0 Å². The minimum atomic E-state index is -4.59. The van der Waals surface area contributed by atoms with Crippen LogP contribution in [0.1, 0.15) is 11.1 Å². The lowest BCUT2D eigenvalue weighted by Gasteiger charge is -2.20. The van der Waals surface area contributed by atoms with E-state index in [0.717, 1.165) is 11.6 Å². The second-order valence-electron chi connectivity index (χ2n) is 6.66. The Balaban J connectivity index is 1.60. The van der Waals surface area contributed by atoms with E-state index in [0.29, 0.717) is 23.5 Å². The molecule has 0 spiro atoms. The summed E-state index contributed by atoms with van der Waals surface area (Å²) in [4.78, 5) is 22.5. The van der Waals surface area contributed by atoms with Gasteiger partial charge in [-0.25, -0.2) is 9.78 Å². The topological polar surface area (TPSA) is 67.3 Å². The second-order valence-corrected chi connectivity index (χ2v) is 6.66. The number of fused-ring (bicyclic) bond motifs is 1. The summed E-state index contributed by atoms with van der Waals surface area (Å²) in [6, 6.07) is 10.5. The van der Waals surface area contributed by atoms with Crippen molar-refractivity contribution in [1.82, 2.24) is 9.97 Å². The van der Waals surface area contributed by atoms with Crippen molar-refractivity contribution in [2.45, 2.75) is 12.6 Å². The number of nitrogens with one attached hydrogen (secondary N) is 1. The Morgan fingerprint density at radius 3 is 2.73 bits per heavy atom. The van der Waals surface area contributed by atoms with Crippen molar-refractivity contribution in [2.24, 2.45) is 0 Å². The standard InChI is InChI=1S/C21H17F3N4O2/c1-30-18-10-13-7-9-28(17(13)11-15(18)21(22,23)24)20(29)27-19-6-2-5-16(26-19)14-4-3-8-25-12-14/h2-6,8,10-12H,7,9H2,1H3,(H,26,27,29). The third-order valence-corrected chi connectivity index (χ3v) is 4.79. The third-order valence-electron chi connectivity index (χ3n) is 4.79. The van der Waals surface area contributed by atoms with Gasteiger partial charge in [-0.2, -0.15) is 13.2 Å². The van der Waals surface area contributed by atoms with Crippen LogP contribution in [0.4, 0.5) is 29.5 Å². The molecule has 1 N–H and O–H groups in total. The van der Waals surface area contributed by atoms with Gasteiger partial charge >= 0.3 is 12.2 Å². The number of halogens is 3. The zero-order chi connectivity index (χ0) is 21.3. The Hall–Kier alpha value is -3.62. The monoisotopic (exact) mass is 414 g/mol. The summed E-state index contributed by atoms with van der Waals surface area (Å²) in [6.45, 7) is 0.258. The molecule has 1 aliphatic heterocycles. The highest BCUT2D eigenvalue weighted by Gasteiger charge is 2.37. The maximum absolute atomic E-state index is 13.4. The van der Waals surface area contributed by atoms with Gasteiger partial charge in [0.1, 0.15) is 11.6 Å². The van der Waals surface area contributed by atoms with Gasteiger partial charge in [0.05, 0.1) is 18.4 Å². The van der Waals surface area contributed by atoms with E-state index < -0.39 is 17.8 Å². The Bertz CT molecular complexity index is 1090. The molecule has 2 aromatic heterocycles. The van der Waals surface area contributed by atoms with E-state index in [1.165, 1.54) is 18.1 Å². The van der Waals surface area contributed by atoms with E-state index in [9.17, 15) is 18.0 Å². The van der Waals surface area contributed by atoms with Crippen LogP contribution in [0.15, 0.2) is 54.9 Å². The van der Waals surface area contributed by atoms with Crippen LogP contribution in [0.25, 0.3) is 11.3 Å². The first-order chi connectivity index (χ1) is 14.4. The van der Waals surface area contributed by atoms with Crippen LogP contribution in [0.2, 0.25) is 0 Å². The Kier molecular flexibility index (Phi) is 5.03. The first-order valence-corrected chi connectivity index (χ1v) is 9.11. The quantitative estimate of drug-likeness (QED) is 0.671. The first kappa shape index (κ1) is 19.7. The van der Waals surface area contributed by atoms with E-state index in [1.807, 2.05) is 6.07 Å². The summed E-state index contributed by atoms with van der Waals surface area (Å²) >= 11 is 0. The van der Waals surface area contributed by atoms with E-state index in [2.05, 4.69) is 15.3 Å². The van der Waals surface area contributed by atoms with Crippen LogP contribution in [0.3, 0.4) is 0 Å². The number of anilines is 2. The van der Waals surface area contributed by atoms with E-state index in [4.69, 9.17) is 4.74 Å². The molecule has 3 heterocycles. The highest BCUT2D eigenvalue weighted by atomic mass is 19.4. The Labute approximate surface area is 170 Å². The predicted octanol–water partition coefficient (Wildman–Crippen LogP) is 4.77. The molecule has 3 aromatic rings. The van der Waals surface area contributed by atoms with Gasteiger partial charge in [-0.3, -0.25) is 15.2 Å². The molecule has 30 heavy (non-hydrogen) atoms. The molecule has 1 aromatic carbocycles. The molecule has 0 radical (unpaired) electrons. The third kappa shape index (κ3) is 3.78. The number of hydrogen-bond acceptors (Lipinski definition) is 4. The van der Waals surface area contributed by atoms with Gasteiger partial charge in [-0.05, 0) is 48.4 Å². The molecule has 0 fully saturated rings. The van der Waals surface area contributed by atoms with Crippen molar-refractivity contribution in [3.05, 3.63) is 66.0 Å². The van der Waals surface area contributed by atoms with Gasteiger partial charge in [0.15, 0.2) is 0 Å². The summed E-state index contributed by atoms with van der Waals surface area (Å²) in [5, 5.41) is 2.66. The zero-order valence-corrected chi connectivity index (χ0v) is 15.9. The highest BCUT2D eigenvalue weighted by molar-refractivity contribution is 6.03. The molecule has 0 atom stereocenters. The number of carbonyl (C=O) groups excluding carboxylic acids is 1. The summed E-state index contributed by atoms with van der Waals surface area (Å²) in [7, 11) is 1.19. The van der Waals surface area contributed by atoms with Gasteiger partial charge in [0.2, 0.25) is 0 Å². The Morgan fingerprint density at radius 1 is 1.20 bits per heavy atom. The number of methoxy groups -OCH3 is 1. The number of carbonyl (C=O) groups is 1. The van der Waals surface area contributed by atoms with Crippen LogP contribution in [0.5, 0.6) is 5.75 Å². The van der Waals surface area contributed by atoms with Crippen LogP contribution in [-0.2, 0) is 12.6 Å². The molecular weight excluding hydrogens is 397 g/mol. The average molecular weight is 414 g/mol. The minimum absolute atomic E-state index is 0.212.